The molecule has 4 nitrogen and oxygen atoms in total. The van der Waals surface area contributed by atoms with E-state index in [0.29, 0.717) is 5.56 Å². The van der Waals surface area contributed by atoms with Crippen LogP contribution in [0, 0.1) is 5.82 Å². The summed E-state index contributed by atoms with van der Waals surface area (Å²) in [4.78, 5) is 3.97. The highest BCUT2D eigenvalue weighted by molar-refractivity contribution is 5.29. The molecule has 0 saturated carbocycles. The minimum Gasteiger partial charge on any atom is -0.508 e. The van der Waals surface area contributed by atoms with E-state index < -0.39 is 0 Å². The van der Waals surface area contributed by atoms with Crippen molar-refractivity contribution in [3.8, 4) is 5.75 Å². The van der Waals surface area contributed by atoms with Gasteiger partial charge in [-0.2, -0.15) is 0 Å². The van der Waals surface area contributed by atoms with Crippen molar-refractivity contribution in [1.29, 1.82) is 0 Å². The minimum atomic E-state index is -0.380. The number of nitrogens with one attached hydrogen (secondary N) is 1. The van der Waals surface area contributed by atoms with Crippen molar-refractivity contribution in [2.24, 2.45) is 0 Å². The van der Waals surface area contributed by atoms with E-state index in [0.717, 1.165) is 25.6 Å². The van der Waals surface area contributed by atoms with Crippen molar-refractivity contribution in [2.45, 2.75) is 25.9 Å². The molecular weight excluding hydrogens is 245 g/mol. The average molecular weight is 263 g/mol. The first-order valence-electron chi connectivity index (χ1n) is 6.34. The van der Waals surface area contributed by atoms with Gasteiger partial charge in [-0.3, -0.25) is 0 Å². The van der Waals surface area contributed by atoms with Crippen LogP contribution in [0.1, 0.15) is 24.9 Å². The third kappa shape index (κ3) is 3.79. The first-order chi connectivity index (χ1) is 9.16. The Bertz CT molecular complexity index is 513. The van der Waals surface area contributed by atoms with Crippen molar-refractivity contribution in [3.05, 3.63) is 48.3 Å². The Morgan fingerprint density at radius 2 is 2.32 bits per heavy atom. The summed E-state index contributed by atoms with van der Waals surface area (Å²) >= 11 is 0. The van der Waals surface area contributed by atoms with Gasteiger partial charge < -0.3 is 15.0 Å². The monoisotopic (exact) mass is 263 g/mol. The second-order valence-electron chi connectivity index (χ2n) is 4.54. The third-order valence-electron chi connectivity index (χ3n) is 3.05. The number of phenols is 1. The number of rotatable bonds is 6. The number of benzene rings is 1. The fraction of sp³-hybridized carbons (Fsp3) is 0.357. The van der Waals surface area contributed by atoms with Crippen molar-refractivity contribution < 1.29 is 9.50 Å². The number of nitrogens with zero attached hydrogens (tertiary/aromatic N) is 2. The van der Waals surface area contributed by atoms with E-state index in [4.69, 9.17) is 5.11 Å². The Balaban J connectivity index is 1.79. The number of phenolic OH excluding ortho intramolecular Hbond substituents is 1. The molecule has 19 heavy (non-hydrogen) atoms. The van der Waals surface area contributed by atoms with Crippen molar-refractivity contribution >= 4 is 0 Å². The van der Waals surface area contributed by atoms with Crippen LogP contribution in [-0.4, -0.2) is 21.2 Å². The van der Waals surface area contributed by atoms with E-state index in [1.165, 1.54) is 6.07 Å². The summed E-state index contributed by atoms with van der Waals surface area (Å²) in [7, 11) is 0. The number of imidazole rings is 1. The molecule has 1 atom stereocenters. The summed E-state index contributed by atoms with van der Waals surface area (Å²) in [5.41, 5.74) is 0.570. The van der Waals surface area contributed by atoms with Crippen LogP contribution in [0.25, 0.3) is 0 Å². The fourth-order valence-electron chi connectivity index (χ4n) is 1.98. The Labute approximate surface area is 111 Å². The second kappa shape index (κ2) is 6.33. The molecule has 0 aliphatic heterocycles. The number of aryl methyl sites for hydroxylation is 1. The van der Waals surface area contributed by atoms with E-state index in [9.17, 15) is 4.39 Å². The van der Waals surface area contributed by atoms with Gasteiger partial charge in [0.05, 0.1) is 6.33 Å². The maximum absolute atomic E-state index is 13.6. The van der Waals surface area contributed by atoms with Gasteiger partial charge in [-0.25, -0.2) is 9.37 Å². The van der Waals surface area contributed by atoms with Crippen LogP contribution in [-0.2, 0) is 6.54 Å². The first kappa shape index (κ1) is 13.5. The average Bonchev–Trinajstić information content (AvgIpc) is 2.87. The largest absolute Gasteiger partial charge is 0.508 e. The zero-order chi connectivity index (χ0) is 13.7. The van der Waals surface area contributed by atoms with Gasteiger partial charge >= 0.3 is 0 Å². The fourth-order valence-corrected chi connectivity index (χ4v) is 1.98. The third-order valence-corrected chi connectivity index (χ3v) is 3.05. The summed E-state index contributed by atoms with van der Waals surface area (Å²) in [5, 5.41) is 12.4. The number of aromatic nitrogens is 2. The lowest BCUT2D eigenvalue weighted by molar-refractivity contribution is 0.462. The van der Waals surface area contributed by atoms with E-state index in [-0.39, 0.29) is 17.6 Å². The predicted octanol–water partition coefficient (Wildman–Crippen LogP) is 2.47. The minimum absolute atomic E-state index is 0.0476. The number of halogens is 1. The molecule has 102 valence electrons. The number of hydrogen-bond acceptors (Lipinski definition) is 3. The smallest absolute Gasteiger partial charge is 0.131 e. The van der Waals surface area contributed by atoms with Gasteiger partial charge in [-0.05, 0) is 26.0 Å². The Morgan fingerprint density at radius 3 is 3.00 bits per heavy atom. The van der Waals surface area contributed by atoms with Gasteiger partial charge in [0.1, 0.15) is 11.6 Å². The summed E-state index contributed by atoms with van der Waals surface area (Å²) in [6.07, 6.45) is 6.40. The van der Waals surface area contributed by atoms with Gasteiger partial charge in [0.2, 0.25) is 0 Å². The molecule has 0 amide bonds. The Hall–Kier alpha value is -1.88. The quantitative estimate of drug-likeness (QED) is 0.787. The van der Waals surface area contributed by atoms with Gasteiger partial charge in [0.25, 0.3) is 0 Å². The molecule has 5 heteroatoms. The maximum Gasteiger partial charge on any atom is 0.131 e. The van der Waals surface area contributed by atoms with Crippen molar-refractivity contribution in [3.63, 3.8) is 0 Å². The highest BCUT2D eigenvalue weighted by atomic mass is 19.1. The molecule has 0 saturated heterocycles. The van der Waals surface area contributed by atoms with Crippen LogP contribution in [0.4, 0.5) is 4.39 Å². The first-order valence-corrected chi connectivity index (χ1v) is 6.34. The highest BCUT2D eigenvalue weighted by Gasteiger charge is 2.10. The van der Waals surface area contributed by atoms with Crippen molar-refractivity contribution in [2.75, 3.05) is 6.54 Å². The van der Waals surface area contributed by atoms with Gasteiger partial charge in [-0.1, -0.05) is 6.07 Å². The van der Waals surface area contributed by atoms with Crippen LogP contribution < -0.4 is 5.32 Å². The molecule has 1 heterocycles. The summed E-state index contributed by atoms with van der Waals surface area (Å²) < 4.78 is 15.6. The van der Waals surface area contributed by atoms with Crippen molar-refractivity contribution in [1.82, 2.24) is 14.9 Å². The maximum atomic E-state index is 13.6. The Kier molecular flexibility index (Phi) is 4.52. The molecule has 0 fully saturated rings. The van der Waals surface area contributed by atoms with Gasteiger partial charge in [0, 0.05) is 36.6 Å². The van der Waals surface area contributed by atoms with E-state index >= 15 is 0 Å². The van der Waals surface area contributed by atoms with E-state index in [1.54, 1.807) is 18.6 Å². The second-order valence-corrected chi connectivity index (χ2v) is 4.54. The molecule has 0 radical (unpaired) electrons. The number of aromatic hydroxyl groups is 1. The van der Waals surface area contributed by atoms with E-state index in [1.807, 2.05) is 17.7 Å². The van der Waals surface area contributed by atoms with Crippen LogP contribution in [0.5, 0.6) is 5.75 Å². The van der Waals surface area contributed by atoms with Gasteiger partial charge in [0.15, 0.2) is 0 Å². The molecule has 1 aromatic heterocycles. The van der Waals surface area contributed by atoms with E-state index in [2.05, 4.69) is 10.3 Å². The normalized spacial score (nSPS) is 12.5. The zero-order valence-corrected chi connectivity index (χ0v) is 10.9. The highest BCUT2D eigenvalue weighted by Crippen LogP contribution is 2.20. The topological polar surface area (TPSA) is 50.1 Å². The molecule has 2 N–H and O–H groups in total. The Morgan fingerprint density at radius 1 is 1.47 bits per heavy atom. The molecule has 1 aromatic carbocycles. The number of hydrogen-bond donors (Lipinski definition) is 2. The molecule has 1 unspecified atom stereocenters. The van der Waals surface area contributed by atoms with Crippen LogP contribution in [0.2, 0.25) is 0 Å². The SMILES string of the molecule is CC(NCCCn1ccnc1)c1ccc(O)cc1F. The molecule has 2 aromatic rings. The zero-order valence-electron chi connectivity index (χ0n) is 10.9. The lowest BCUT2D eigenvalue weighted by Crippen LogP contribution is -2.21. The summed E-state index contributed by atoms with van der Waals surface area (Å²) in [6, 6.07) is 4.17. The summed E-state index contributed by atoms with van der Waals surface area (Å²) in [6.45, 7) is 3.59. The van der Waals surface area contributed by atoms with Crippen LogP contribution >= 0.6 is 0 Å². The molecular formula is C14H18FN3O. The molecule has 0 bridgehead atoms. The molecule has 0 aliphatic rings. The molecule has 2 rings (SSSR count). The van der Waals surface area contributed by atoms with Gasteiger partial charge in [-0.15, -0.1) is 0 Å². The standard InChI is InChI=1S/C14H18FN3O/c1-11(13-4-3-12(19)9-14(13)15)17-5-2-7-18-8-6-16-10-18/h3-4,6,8-11,17,19H,2,5,7H2,1H3. The van der Waals surface area contributed by atoms with Crippen LogP contribution in [0.3, 0.4) is 0 Å². The lowest BCUT2D eigenvalue weighted by Gasteiger charge is -2.15. The predicted molar refractivity (Wildman–Crippen MR) is 71.3 cm³/mol. The van der Waals surface area contributed by atoms with Crippen LogP contribution in [0.15, 0.2) is 36.9 Å². The summed E-state index contributed by atoms with van der Waals surface area (Å²) in [5.74, 6) is -0.428. The molecule has 0 spiro atoms. The lowest BCUT2D eigenvalue weighted by atomic mass is 10.1. The molecule has 0 aliphatic carbocycles.